The van der Waals surface area contributed by atoms with E-state index in [1.807, 2.05) is 13.1 Å². The van der Waals surface area contributed by atoms with E-state index >= 15 is 0 Å². The Morgan fingerprint density at radius 3 is 3.00 bits per heavy atom. The highest BCUT2D eigenvalue weighted by molar-refractivity contribution is 5.29. The van der Waals surface area contributed by atoms with Gasteiger partial charge >= 0.3 is 0 Å². The van der Waals surface area contributed by atoms with E-state index in [9.17, 15) is 4.39 Å². The van der Waals surface area contributed by atoms with Crippen molar-refractivity contribution < 1.29 is 4.39 Å². The van der Waals surface area contributed by atoms with E-state index in [-0.39, 0.29) is 12.1 Å². The van der Waals surface area contributed by atoms with Gasteiger partial charge in [0.1, 0.15) is 6.29 Å². The van der Waals surface area contributed by atoms with E-state index in [1.165, 1.54) is 12.5 Å². The first-order chi connectivity index (χ1) is 11.9. The molecule has 0 aromatic carbocycles. The molecule has 6 heteroatoms. The molecule has 0 aromatic heterocycles. The first-order valence-corrected chi connectivity index (χ1v) is 9.01. The van der Waals surface area contributed by atoms with Crippen molar-refractivity contribution in [1.29, 1.82) is 0 Å². The summed E-state index contributed by atoms with van der Waals surface area (Å²) in [5, 5.41) is 10.1. The first-order valence-electron chi connectivity index (χ1n) is 9.01. The number of nitrogens with two attached hydrogens (primary N) is 1. The zero-order chi connectivity index (χ0) is 18.4. The number of rotatable bonds is 7. The lowest BCUT2D eigenvalue weighted by Crippen LogP contribution is -2.45. The van der Waals surface area contributed by atoms with Gasteiger partial charge in [-0.15, -0.1) is 0 Å². The van der Waals surface area contributed by atoms with Crippen molar-refractivity contribution in [2.75, 3.05) is 26.7 Å². The highest BCUT2D eigenvalue weighted by Gasteiger charge is 2.24. The predicted molar refractivity (Wildman–Crippen MR) is 102 cm³/mol. The summed E-state index contributed by atoms with van der Waals surface area (Å²) >= 11 is 0. The van der Waals surface area contributed by atoms with E-state index < -0.39 is 0 Å². The van der Waals surface area contributed by atoms with Gasteiger partial charge in [-0.05, 0) is 58.0 Å². The molecule has 1 aliphatic carbocycles. The summed E-state index contributed by atoms with van der Waals surface area (Å²) in [6.45, 7) is 8.17. The Hall–Kier alpha value is -1.63. The molecule has 140 valence electrons. The smallest absolute Gasteiger partial charge is 0.134 e. The van der Waals surface area contributed by atoms with Crippen LogP contribution in [0.5, 0.6) is 0 Å². The molecule has 0 aromatic rings. The molecule has 1 heterocycles. The van der Waals surface area contributed by atoms with Crippen molar-refractivity contribution in [1.82, 2.24) is 20.9 Å². The van der Waals surface area contributed by atoms with Gasteiger partial charge in [0.25, 0.3) is 0 Å². The van der Waals surface area contributed by atoms with Gasteiger partial charge in [0.2, 0.25) is 0 Å². The van der Waals surface area contributed by atoms with E-state index in [4.69, 9.17) is 5.73 Å². The molecule has 5 nitrogen and oxygen atoms in total. The van der Waals surface area contributed by atoms with Crippen molar-refractivity contribution in [3.05, 3.63) is 47.1 Å². The van der Waals surface area contributed by atoms with Crippen LogP contribution in [0.2, 0.25) is 0 Å². The van der Waals surface area contributed by atoms with Crippen LogP contribution in [-0.4, -0.2) is 43.9 Å². The van der Waals surface area contributed by atoms with Crippen LogP contribution < -0.4 is 21.7 Å². The van der Waals surface area contributed by atoms with Crippen molar-refractivity contribution in [3.63, 3.8) is 0 Å². The van der Waals surface area contributed by atoms with Crippen LogP contribution >= 0.6 is 0 Å². The van der Waals surface area contributed by atoms with Gasteiger partial charge in [0, 0.05) is 43.0 Å². The van der Waals surface area contributed by atoms with E-state index in [0.717, 1.165) is 30.9 Å². The Morgan fingerprint density at radius 2 is 2.32 bits per heavy atom. The first kappa shape index (κ1) is 19.7. The Labute approximate surface area is 150 Å². The summed E-state index contributed by atoms with van der Waals surface area (Å²) in [6, 6.07) is 0.299. The largest absolute Gasteiger partial charge is 0.399 e. The lowest BCUT2D eigenvalue weighted by atomic mass is 9.85. The summed E-state index contributed by atoms with van der Waals surface area (Å²) in [4.78, 5) is 2.14. The number of allylic oxidation sites excluding steroid dienone is 4. The maximum Gasteiger partial charge on any atom is 0.134 e. The minimum absolute atomic E-state index is 0.0349. The van der Waals surface area contributed by atoms with Crippen molar-refractivity contribution >= 4 is 0 Å². The molecule has 0 bridgehead atoms. The van der Waals surface area contributed by atoms with Gasteiger partial charge in [0.15, 0.2) is 0 Å². The van der Waals surface area contributed by atoms with Crippen molar-refractivity contribution in [3.8, 4) is 0 Å². The van der Waals surface area contributed by atoms with Crippen LogP contribution in [0, 0.1) is 5.92 Å². The Kier molecular flexibility index (Phi) is 7.23. The van der Waals surface area contributed by atoms with Gasteiger partial charge in [0.05, 0.1) is 5.83 Å². The number of hydrogen-bond acceptors (Lipinski definition) is 5. The summed E-state index contributed by atoms with van der Waals surface area (Å²) in [7, 11) is 1.90. The van der Waals surface area contributed by atoms with Crippen molar-refractivity contribution in [2.24, 2.45) is 11.7 Å². The van der Waals surface area contributed by atoms with E-state index in [2.05, 4.69) is 46.8 Å². The Bertz CT molecular complexity index is 574. The van der Waals surface area contributed by atoms with Crippen LogP contribution in [0.3, 0.4) is 0 Å². The highest BCUT2D eigenvalue weighted by atomic mass is 19.1. The standard InChI is InChI=1S/C19H32FN5/c1-13(20)12-16(25-11-10-24-19(25)22-4)8-9-23-15(3)17-6-5-7-18(21)14(17)2/h5,7-8,12,15,17,19,22-24H,6,9-11,21H2,1-4H3/b13-12+,16-8-/t15-,17?,19?/m1/s1. The van der Waals surface area contributed by atoms with Gasteiger partial charge in [-0.2, -0.15) is 0 Å². The molecule has 1 saturated heterocycles. The Balaban J connectivity index is 2.01. The van der Waals surface area contributed by atoms with Gasteiger partial charge in [-0.1, -0.05) is 6.08 Å². The molecule has 0 saturated carbocycles. The molecule has 3 atom stereocenters. The maximum absolute atomic E-state index is 13.5. The fourth-order valence-corrected chi connectivity index (χ4v) is 3.49. The second kappa shape index (κ2) is 9.17. The minimum Gasteiger partial charge on any atom is -0.399 e. The fourth-order valence-electron chi connectivity index (χ4n) is 3.49. The molecule has 5 N–H and O–H groups in total. The zero-order valence-electron chi connectivity index (χ0n) is 15.8. The SMILES string of the molecule is CNC1NCCN1C(=C\CN[C@H](C)C1CC=CC(N)=C1C)/C=C(\C)F. The van der Waals surface area contributed by atoms with Gasteiger partial charge in [-0.25, -0.2) is 4.39 Å². The normalized spacial score (nSPS) is 26.5. The summed E-state index contributed by atoms with van der Waals surface area (Å²) in [5.74, 6) is 0.212. The molecule has 2 rings (SSSR count). The topological polar surface area (TPSA) is 65.3 Å². The highest BCUT2D eigenvalue weighted by Crippen LogP contribution is 2.25. The molecular weight excluding hydrogens is 317 g/mol. The summed E-state index contributed by atoms with van der Waals surface area (Å²) < 4.78 is 13.5. The number of halogens is 1. The monoisotopic (exact) mass is 349 g/mol. The van der Waals surface area contributed by atoms with Crippen molar-refractivity contribution in [2.45, 2.75) is 39.5 Å². The van der Waals surface area contributed by atoms with Crippen LogP contribution in [-0.2, 0) is 0 Å². The molecule has 2 aliphatic rings. The van der Waals surface area contributed by atoms with Gasteiger partial charge in [-0.3, -0.25) is 10.6 Å². The molecule has 1 fully saturated rings. The molecule has 1 aliphatic heterocycles. The number of nitrogens with zero attached hydrogens (tertiary/aromatic N) is 1. The van der Waals surface area contributed by atoms with Gasteiger partial charge < -0.3 is 16.0 Å². The zero-order valence-corrected chi connectivity index (χ0v) is 15.8. The average molecular weight is 349 g/mol. The third-order valence-electron chi connectivity index (χ3n) is 5.01. The molecule has 25 heavy (non-hydrogen) atoms. The second-order valence-corrected chi connectivity index (χ2v) is 6.78. The maximum atomic E-state index is 13.5. The fraction of sp³-hybridized carbons (Fsp3) is 0.579. The van der Waals surface area contributed by atoms with Crippen LogP contribution in [0.25, 0.3) is 0 Å². The number of nitrogens with one attached hydrogen (secondary N) is 3. The van der Waals surface area contributed by atoms with Crippen LogP contribution in [0.1, 0.15) is 27.2 Å². The molecule has 0 spiro atoms. The van der Waals surface area contributed by atoms with Crippen LogP contribution in [0.4, 0.5) is 4.39 Å². The average Bonchev–Trinajstić information content (AvgIpc) is 3.04. The lowest BCUT2D eigenvalue weighted by Gasteiger charge is -2.29. The quantitative estimate of drug-likeness (QED) is 0.529. The number of hydrogen-bond donors (Lipinski definition) is 4. The molecule has 0 amide bonds. The molecule has 2 unspecified atom stereocenters. The molecule has 0 radical (unpaired) electrons. The van der Waals surface area contributed by atoms with E-state index in [1.54, 1.807) is 6.08 Å². The lowest BCUT2D eigenvalue weighted by molar-refractivity contribution is 0.275. The van der Waals surface area contributed by atoms with Crippen LogP contribution in [0.15, 0.2) is 47.1 Å². The summed E-state index contributed by atoms with van der Waals surface area (Å²) in [5.41, 5.74) is 9.04. The van der Waals surface area contributed by atoms with E-state index in [0.29, 0.717) is 18.5 Å². The molecular formula is C19H32FN5. The summed E-state index contributed by atoms with van der Waals surface area (Å²) in [6.07, 6.45) is 8.80. The third-order valence-corrected chi connectivity index (χ3v) is 5.01. The second-order valence-electron chi connectivity index (χ2n) is 6.78. The Morgan fingerprint density at radius 1 is 1.56 bits per heavy atom. The minimum atomic E-state index is -0.190. The predicted octanol–water partition coefficient (Wildman–Crippen LogP) is 1.94. The third kappa shape index (κ3) is 5.17.